The Labute approximate surface area is 168 Å². The molecule has 2 N–H and O–H groups in total. The summed E-state index contributed by atoms with van der Waals surface area (Å²) >= 11 is 0. The Morgan fingerprint density at radius 3 is 2.21 bits per heavy atom. The molecule has 2 aromatic rings. The van der Waals surface area contributed by atoms with Gasteiger partial charge in [0.2, 0.25) is 5.91 Å². The first-order chi connectivity index (χ1) is 13.9. The molecule has 7 nitrogen and oxygen atoms in total. The van der Waals surface area contributed by atoms with Gasteiger partial charge in [-0.25, -0.2) is 14.0 Å². The van der Waals surface area contributed by atoms with E-state index in [0.29, 0.717) is 16.8 Å². The number of carbonyl (C=O) groups is 3. The minimum Gasteiger partial charge on any atom is -0.464 e. The van der Waals surface area contributed by atoms with E-state index in [1.807, 2.05) is 0 Å². The van der Waals surface area contributed by atoms with Gasteiger partial charge < -0.3 is 20.1 Å². The van der Waals surface area contributed by atoms with Crippen molar-refractivity contribution in [2.24, 2.45) is 0 Å². The molecule has 2 rings (SSSR count). The van der Waals surface area contributed by atoms with Crippen molar-refractivity contribution in [1.29, 1.82) is 0 Å². The van der Waals surface area contributed by atoms with Crippen molar-refractivity contribution >= 4 is 23.7 Å². The Kier molecular flexibility index (Phi) is 8.14. The second-order valence-corrected chi connectivity index (χ2v) is 6.24. The number of carbonyl (C=O) groups excluding carboxylic acids is 3. The number of nitrogens with one attached hydrogen (secondary N) is 2. The summed E-state index contributed by atoms with van der Waals surface area (Å²) in [6.45, 7) is 3.42. The SMILES string of the molecule is CCOC(=O)[C@@H](C)NC(=O)OCc1ccc(NC(=O)Cc2ccc(F)cc2)cc1. The molecule has 154 valence electrons. The smallest absolute Gasteiger partial charge is 0.408 e. The first-order valence-corrected chi connectivity index (χ1v) is 9.10. The zero-order chi connectivity index (χ0) is 21.2. The van der Waals surface area contributed by atoms with Crippen LogP contribution in [0.1, 0.15) is 25.0 Å². The van der Waals surface area contributed by atoms with Crippen LogP contribution >= 0.6 is 0 Å². The van der Waals surface area contributed by atoms with Crippen LogP contribution in [-0.2, 0) is 32.1 Å². The van der Waals surface area contributed by atoms with Gasteiger partial charge >= 0.3 is 12.1 Å². The maximum Gasteiger partial charge on any atom is 0.408 e. The second-order valence-electron chi connectivity index (χ2n) is 6.24. The number of amides is 2. The molecule has 0 aromatic heterocycles. The van der Waals surface area contributed by atoms with E-state index in [1.165, 1.54) is 19.1 Å². The van der Waals surface area contributed by atoms with Crippen molar-refractivity contribution < 1.29 is 28.2 Å². The third kappa shape index (κ3) is 7.61. The molecule has 0 fully saturated rings. The number of ether oxygens (including phenoxy) is 2. The third-order valence-electron chi connectivity index (χ3n) is 3.86. The molecule has 2 aromatic carbocycles. The van der Waals surface area contributed by atoms with Crippen molar-refractivity contribution in [3.63, 3.8) is 0 Å². The van der Waals surface area contributed by atoms with Crippen LogP contribution in [0.5, 0.6) is 0 Å². The summed E-state index contributed by atoms with van der Waals surface area (Å²) in [6.07, 6.45) is -0.605. The molecule has 0 aliphatic heterocycles. The van der Waals surface area contributed by atoms with Gasteiger partial charge in [-0.3, -0.25) is 4.79 Å². The van der Waals surface area contributed by atoms with E-state index in [2.05, 4.69) is 10.6 Å². The van der Waals surface area contributed by atoms with Gasteiger partial charge in [-0.2, -0.15) is 0 Å². The molecule has 0 aliphatic rings. The average molecular weight is 402 g/mol. The number of benzene rings is 2. The summed E-state index contributed by atoms with van der Waals surface area (Å²) in [7, 11) is 0. The Bertz CT molecular complexity index is 837. The molecular weight excluding hydrogens is 379 g/mol. The summed E-state index contributed by atoms with van der Waals surface area (Å²) in [4.78, 5) is 35.2. The van der Waals surface area contributed by atoms with Gasteiger partial charge in [0, 0.05) is 5.69 Å². The standard InChI is InChI=1S/C21H23FN2O5/c1-3-28-20(26)14(2)23-21(27)29-13-16-6-10-18(11-7-16)24-19(25)12-15-4-8-17(22)9-5-15/h4-11,14H,3,12-13H2,1-2H3,(H,23,27)(H,24,25)/t14-/m1/s1. The fourth-order valence-electron chi connectivity index (χ4n) is 2.37. The Balaban J connectivity index is 1.77. The van der Waals surface area contributed by atoms with Gasteiger partial charge in [0.05, 0.1) is 13.0 Å². The predicted octanol–water partition coefficient (Wildman–Crippen LogP) is 3.18. The molecule has 0 heterocycles. The van der Waals surface area contributed by atoms with Crippen LogP contribution in [0.15, 0.2) is 48.5 Å². The summed E-state index contributed by atoms with van der Waals surface area (Å²) in [6, 6.07) is 11.7. The molecule has 1 atom stereocenters. The molecule has 29 heavy (non-hydrogen) atoms. The first-order valence-electron chi connectivity index (χ1n) is 9.10. The number of hydrogen-bond donors (Lipinski definition) is 2. The highest BCUT2D eigenvalue weighted by Crippen LogP contribution is 2.12. The monoisotopic (exact) mass is 402 g/mol. The van der Waals surface area contributed by atoms with E-state index in [-0.39, 0.29) is 31.4 Å². The summed E-state index contributed by atoms with van der Waals surface area (Å²) in [5, 5.41) is 5.13. The van der Waals surface area contributed by atoms with Crippen molar-refractivity contribution in [3.8, 4) is 0 Å². The van der Waals surface area contributed by atoms with Crippen LogP contribution in [-0.4, -0.2) is 30.6 Å². The number of esters is 1. The molecule has 0 unspecified atom stereocenters. The molecule has 0 saturated heterocycles. The van der Waals surface area contributed by atoms with E-state index >= 15 is 0 Å². The number of halogens is 1. The molecule has 0 aliphatic carbocycles. The second kappa shape index (κ2) is 10.8. The van der Waals surface area contributed by atoms with Gasteiger partial charge in [0.25, 0.3) is 0 Å². The van der Waals surface area contributed by atoms with Crippen LogP contribution in [0.4, 0.5) is 14.9 Å². The van der Waals surface area contributed by atoms with Crippen LogP contribution in [0.25, 0.3) is 0 Å². The van der Waals surface area contributed by atoms with E-state index in [1.54, 1.807) is 43.3 Å². The van der Waals surface area contributed by atoms with Crippen LogP contribution in [0, 0.1) is 5.82 Å². The maximum absolute atomic E-state index is 12.9. The molecule has 0 bridgehead atoms. The minimum absolute atomic E-state index is 0.00514. The molecule has 0 radical (unpaired) electrons. The summed E-state index contributed by atoms with van der Waals surface area (Å²) in [5.74, 6) is -1.12. The van der Waals surface area contributed by atoms with Crippen molar-refractivity contribution in [2.75, 3.05) is 11.9 Å². The van der Waals surface area contributed by atoms with Gasteiger partial charge in [-0.05, 0) is 49.2 Å². The van der Waals surface area contributed by atoms with Gasteiger partial charge in [-0.1, -0.05) is 24.3 Å². The van der Waals surface area contributed by atoms with E-state index in [9.17, 15) is 18.8 Å². The zero-order valence-electron chi connectivity index (χ0n) is 16.2. The molecular formula is C21H23FN2O5. The number of rotatable bonds is 8. The normalized spacial score (nSPS) is 11.3. The van der Waals surface area contributed by atoms with Crippen molar-refractivity contribution in [2.45, 2.75) is 32.9 Å². The largest absolute Gasteiger partial charge is 0.464 e. The lowest BCUT2D eigenvalue weighted by molar-refractivity contribution is -0.145. The third-order valence-corrected chi connectivity index (χ3v) is 3.86. The van der Waals surface area contributed by atoms with Crippen molar-refractivity contribution in [3.05, 3.63) is 65.5 Å². The lowest BCUT2D eigenvalue weighted by Gasteiger charge is -2.13. The molecule has 0 saturated carbocycles. The van der Waals surface area contributed by atoms with E-state index < -0.39 is 18.1 Å². The van der Waals surface area contributed by atoms with Gasteiger partial charge in [0.15, 0.2) is 0 Å². The van der Waals surface area contributed by atoms with Crippen LogP contribution in [0.2, 0.25) is 0 Å². The zero-order valence-corrected chi connectivity index (χ0v) is 16.2. The van der Waals surface area contributed by atoms with Crippen LogP contribution in [0.3, 0.4) is 0 Å². The highest BCUT2D eigenvalue weighted by Gasteiger charge is 2.17. The highest BCUT2D eigenvalue weighted by atomic mass is 19.1. The predicted molar refractivity (Wildman–Crippen MR) is 105 cm³/mol. The quantitative estimate of drug-likeness (QED) is 0.662. The first kappa shape index (κ1) is 21.9. The number of anilines is 1. The van der Waals surface area contributed by atoms with Gasteiger partial charge in [0.1, 0.15) is 18.5 Å². The maximum atomic E-state index is 12.9. The molecule has 0 spiro atoms. The number of hydrogen-bond acceptors (Lipinski definition) is 5. The molecule has 2 amide bonds. The van der Waals surface area contributed by atoms with Gasteiger partial charge in [-0.15, -0.1) is 0 Å². The minimum atomic E-state index is -0.804. The van der Waals surface area contributed by atoms with Crippen molar-refractivity contribution in [1.82, 2.24) is 5.32 Å². The lowest BCUT2D eigenvalue weighted by Crippen LogP contribution is -2.39. The fraction of sp³-hybridized carbons (Fsp3) is 0.286. The fourth-order valence-corrected chi connectivity index (χ4v) is 2.37. The summed E-state index contributed by atoms with van der Waals surface area (Å²) < 4.78 is 22.7. The van der Waals surface area contributed by atoms with E-state index in [0.717, 1.165) is 0 Å². The average Bonchev–Trinajstić information content (AvgIpc) is 2.69. The Hall–Kier alpha value is -3.42. The topological polar surface area (TPSA) is 93.7 Å². The Morgan fingerprint density at radius 2 is 1.59 bits per heavy atom. The molecule has 8 heteroatoms. The number of alkyl carbamates (subject to hydrolysis) is 1. The van der Waals surface area contributed by atoms with E-state index in [4.69, 9.17) is 9.47 Å². The lowest BCUT2D eigenvalue weighted by atomic mass is 10.1. The van der Waals surface area contributed by atoms with Crippen LogP contribution < -0.4 is 10.6 Å². The Morgan fingerprint density at radius 1 is 0.966 bits per heavy atom. The highest BCUT2D eigenvalue weighted by molar-refractivity contribution is 5.92. The summed E-state index contributed by atoms with van der Waals surface area (Å²) in [5.41, 5.74) is 2.00.